The predicted octanol–water partition coefficient (Wildman–Crippen LogP) is 0.00790. The van der Waals surface area contributed by atoms with Gasteiger partial charge in [0.25, 0.3) is 0 Å². The van der Waals surface area contributed by atoms with Gasteiger partial charge in [-0.25, -0.2) is 18.5 Å². The van der Waals surface area contributed by atoms with E-state index in [-0.39, 0.29) is 5.75 Å². The van der Waals surface area contributed by atoms with Crippen LogP contribution in [0, 0.1) is 0 Å². The predicted molar refractivity (Wildman–Crippen MR) is 52.0 cm³/mol. The topological polar surface area (TPSA) is 78.0 Å². The largest absolute Gasteiger partial charge is 0.335 e. The van der Waals surface area contributed by atoms with E-state index in [1.807, 2.05) is 4.57 Å². The average molecular weight is 215 g/mol. The molecule has 14 heavy (non-hydrogen) atoms. The van der Waals surface area contributed by atoms with Gasteiger partial charge in [-0.15, -0.1) is 0 Å². The summed E-state index contributed by atoms with van der Waals surface area (Å²) in [5.41, 5.74) is 0.560. The van der Waals surface area contributed by atoms with E-state index in [1.165, 1.54) is 0 Å². The molecular weight excluding hydrogens is 202 g/mol. The summed E-state index contributed by atoms with van der Waals surface area (Å²) >= 11 is 0. The summed E-state index contributed by atoms with van der Waals surface area (Å²) < 4.78 is 23.7. The fraction of sp³-hybridized carbons (Fsp3) is 0.625. The first kappa shape index (κ1) is 9.67. The van der Waals surface area contributed by atoms with Crippen LogP contribution in [0.5, 0.6) is 0 Å². The number of aryl methyl sites for hydroxylation is 2. The molecule has 2 rings (SSSR count). The lowest BCUT2D eigenvalue weighted by Gasteiger charge is -2.11. The van der Waals surface area contributed by atoms with Crippen LogP contribution >= 0.6 is 0 Å². The van der Waals surface area contributed by atoms with Gasteiger partial charge < -0.3 is 4.57 Å². The Bertz CT molecular complexity index is 412. The fourth-order valence-electron chi connectivity index (χ4n) is 1.75. The molecular formula is C8H13N3O2S. The van der Waals surface area contributed by atoms with Crippen molar-refractivity contribution in [2.24, 2.45) is 5.14 Å². The molecule has 0 saturated carbocycles. The van der Waals surface area contributed by atoms with Gasteiger partial charge in [-0.1, -0.05) is 0 Å². The van der Waals surface area contributed by atoms with Gasteiger partial charge in [0.15, 0.2) is 0 Å². The standard InChI is InChI=1S/C8H13N3O2S/c9-14(12,13)6-7-5-11-4-2-1-3-8(11)10-7/h5H,1-4,6H2,(H2,9,12,13). The molecule has 0 amide bonds. The Morgan fingerprint density at radius 1 is 1.50 bits per heavy atom. The quantitative estimate of drug-likeness (QED) is 0.754. The number of hydrogen-bond acceptors (Lipinski definition) is 3. The molecule has 1 aromatic rings. The van der Waals surface area contributed by atoms with Crippen LogP contribution in [-0.4, -0.2) is 18.0 Å². The zero-order valence-electron chi connectivity index (χ0n) is 7.81. The van der Waals surface area contributed by atoms with E-state index in [1.54, 1.807) is 6.20 Å². The van der Waals surface area contributed by atoms with Crippen LogP contribution < -0.4 is 5.14 Å². The Morgan fingerprint density at radius 3 is 2.93 bits per heavy atom. The van der Waals surface area contributed by atoms with Gasteiger partial charge in [0.05, 0.1) is 5.69 Å². The van der Waals surface area contributed by atoms with Crippen molar-refractivity contribution < 1.29 is 8.42 Å². The Morgan fingerprint density at radius 2 is 2.29 bits per heavy atom. The van der Waals surface area contributed by atoms with Crippen LogP contribution in [0.1, 0.15) is 24.4 Å². The Balaban J connectivity index is 2.24. The SMILES string of the molecule is NS(=O)(=O)Cc1cn2c(n1)CCCC2. The lowest BCUT2D eigenvalue weighted by atomic mass is 10.2. The van der Waals surface area contributed by atoms with Crippen LogP contribution in [0.15, 0.2) is 6.20 Å². The van der Waals surface area contributed by atoms with Crippen molar-refractivity contribution in [2.75, 3.05) is 0 Å². The second-order valence-electron chi connectivity index (χ2n) is 3.61. The molecule has 5 nitrogen and oxygen atoms in total. The molecule has 1 aromatic heterocycles. The van der Waals surface area contributed by atoms with Gasteiger partial charge in [0.2, 0.25) is 10.0 Å². The second kappa shape index (κ2) is 3.36. The monoisotopic (exact) mass is 215 g/mol. The number of aromatic nitrogens is 2. The van der Waals surface area contributed by atoms with Gasteiger partial charge in [-0.2, -0.15) is 0 Å². The first-order valence-corrected chi connectivity index (χ1v) is 6.31. The van der Waals surface area contributed by atoms with Crippen molar-refractivity contribution in [3.05, 3.63) is 17.7 Å². The number of imidazole rings is 1. The van der Waals surface area contributed by atoms with E-state index in [2.05, 4.69) is 4.98 Å². The van der Waals surface area contributed by atoms with Gasteiger partial charge >= 0.3 is 0 Å². The van der Waals surface area contributed by atoms with Crippen molar-refractivity contribution in [3.8, 4) is 0 Å². The summed E-state index contributed by atoms with van der Waals surface area (Å²) in [6.07, 6.45) is 4.99. The molecule has 1 aliphatic heterocycles. The summed E-state index contributed by atoms with van der Waals surface area (Å²) in [5, 5.41) is 4.95. The number of rotatable bonds is 2. The maximum Gasteiger partial charge on any atom is 0.214 e. The number of hydrogen-bond donors (Lipinski definition) is 1. The molecule has 0 atom stereocenters. The molecule has 1 aliphatic rings. The molecule has 0 bridgehead atoms. The zero-order valence-corrected chi connectivity index (χ0v) is 8.63. The van der Waals surface area contributed by atoms with E-state index in [0.29, 0.717) is 5.69 Å². The van der Waals surface area contributed by atoms with E-state index in [4.69, 9.17) is 5.14 Å². The van der Waals surface area contributed by atoms with E-state index in [0.717, 1.165) is 31.6 Å². The summed E-state index contributed by atoms with van der Waals surface area (Å²) in [5.74, 6) is 0.822. The maximum absolute atomic E-state index is 10.8. The number of nitrogens with two attached hydrogens (primary N) is 1. The molecule has 0 fully saturated rings. The average Bonchev–Trinajstić information content (AvgIpc) is 2.42. The molecule has 0 radical (unpaired) electrons. The van der Waals surface area contributed by atoms with Gasteiger partial charge in [-0.3, -0.25) is 0 Å². The Labute approximate surface area is 83.0 Å². The van der Waals surface area contributed by atoms with Crippen LogP contribution in [-0.2, 0) is 28.7 Å². The van der Waals surface area contributed by atoms with Crippen molar-refractivity contribution in [2.45, 2.75) is 31.6 Å². The normalized spacial score (nSPS) is 16.6. The third-order valence-electron chi connectivity index (χ3n) is 2.31. The van der Waals surface area contributed by atoms with Crippen molar-refractivity contribution >= 4 is 10.0 Å². The minimum absolute atomic E-state index is 0.160. The molecule has 0 saturated heterocycles. The molecule has 6 heteroatoms. The van der Waals surface area contributed by atoms with Gasteiger partial charge in [0.1, 0.15) is 11.6 Å². The van der Waals surface area contributed by atoms with Crippen LogP contribution in [0.3, 0.4) is 0 Å². The molecule has 0 aromatic carbocycles. The van der Waals surface area contributed by atoms with E-state index < -0.39 is 10.0 Å². The minimum Gasteiger partial charge on any atom is -0.335 e. The smallest absolute Gasteiger partial charge is 0.214 e. The summed E-state index contributed by atoms with van der Waals surface area (Å²) in [6.45, 7) is 0.937. The third kappa shape index (κ3) is 2.13. The van der Waals surface area contributed by atoms with Crippen LogP contribution in [0.25, 0.3) is 0 Å². The fourth-order valence-corrected chi connectivity index (χ4v) is 2.30. The summed E-state index contributed by atoms with van der Waals surface area (Å²) in [6, 6.07) is 0. The van der Waals surface area contributed by atoms with Gasteiger partial charge in [0, 0.05) is 19.2 Å². The maximum atomic E-state index is 10.8. The molecule has 0 spiro atoms. The third-order valence-corrected chi connectivity index (χ3v) is 3.01. The number of primary sulfonamides is 1. The van der Waals surface area contributed by atoms with E-state index in [9.17, 15) is 8.42 Å². The molecule has 0 unspecified atom stereocenters. The first-order chi connectivity index (χ1) is 6.54. The highest BCUT2D eigenvalue weighted by Crippen LogP contribution is 2.15. The molecule has 78 valence electrons. The number of sulfonamides is 1. The van der Waals surface area contributed by atoms with Crippen molar-refractivity contribution in [1.29, 1.82) is 0 Å². The highest BCUT2D eigenvalue weighted by Gasteiger charge is 2.14. The first-order valence-electron chi connectivity index (χ1n) is 4.60. The van der Waals surface area contributed by atoms with E-state index >= 15 is 0 Å². The van der Waals surface area contributed by atoms with Crippen LogP contribution in [0.4, 0.5) is 0 Å². The summed E-state index contributed by atoms with van der Waals surface area (Å²) in [4.78, 5) is 4.24. The molecule has 2 N–H and O–H groups in total. The minimum atomic E-state index is -3.45. The highest BCUT2D eigenvalue weighted by atomic mass is 32.2. The Kier molecular flexibility index (Phi) is 2.32. The highest BCUT2D eigenvalue weighted by molar-refractivity contribution is 7.88. The van der Waals surface area contributed by atoms with Crippen molar-refractivity contribution in [1.82, 2.24) is 9.55 Å². The lowest BCUT2D eigenvalue weighted by Crippen LogP contribution is -2.14. The molecule has 2 heterocycles. The summed E-state index contributed by atoms with van der Waals surface area (Å²) in [7, 11) is -3.45. The lowest BCUT2D eigenvalue weighted by molar-refractivity contribution is 0.522. The number of nitrogens with zero attached hydrogens (tertiary/aromatic N) is 2. The number of fused-ring (bicyclic) bond motifs is 1. The Hall–Kier alpha value is -0.880. The van der Waals surface area contributed by atoms with Gasteiger partial charge in [-0.05, 0) is 12.8 Å². The second-order valence-corrected chi connectivity index (χ2v) is 5.22. The van der Waals surface area contributed by atoms with Crippen molar-refractivity contribution in [3.63, 3.8) is 0 Å². The van der Waals surface area contributed by atoms with Crippen LogP contribution in [0.2, 0.25) is 0 Å². The zero-order chi connectivity index (χ0) is 10.2. The molecule has 0 aliphatic carbocycles.